The van der Waals surface area contributed by atoms with Gasteiger partial charge >= 0.3 is 8.69 Å². The van der Waals surface area contributed by atoms with Crippen LogP contribution in [0.5, 0.6) is 0 Å². The summed E-state index contributed by atoms with van der Waals surface area (Å²) >= 11 is 0. The van der Waals surface area contributed by atoms with Gasteiger partial charge in [-0.2, -0.15) is 4.20 Å². The maximum absolute atomic E-state index is 12.3. The van der Waals surface area contributed by atoms with E-state index >= 15 is 0 Å². The second-order valence-electron chi connectivity index (χ2n) is 1.71. The average molecular weight is 160 g/mol. The Morgan fingerprint density at radius 2 is 2.22 bits per heavy atom. The molecule has 6 heteroatoms. The van der Waals surface area contributed by atoms with E-state index in [1.165, 1.54) is 0 Å². The van der Waals surface area contributed by atoms with Crippen LogP contribution in [-0.2, 0) is 9.05 Å². The van der Waals surface area contributed by atoms with Gasteiger partial charge in [0.1, 0.15) is 0 Å². The van der Waals surface area contributed by atoms with Gasteiger partial charge < -0.3 is 0 Å². The normalized spacial score (nSPS) is 52.0. The lowest BCUT2D eigenvalue weighted by Gasteiger charge is -2.09. The van der Waals surface area contributed by atoms with E-state index in [0.717, 1.165) is 6.92 Å². The summed E-state index contributed by atoms with van der Waals surface area (Å²) in [6.07, 6.45) is -2.30. The van der Waals surface area contributed by atoms with Crippen molar-refractivity contribution in [1.82, 2.24) is 0 Å². The Bertz CT molecular complexity index is 120. The molecule has 0 aromatic rings. The van der Waals surface area contributed by atoms with Crippen molar-refractivity contribution in [2.24, 2.45) is 0 Å². The van der Waals surface area contributed by atoms with Gasteiger partial charge in [0.25, 0.3) is 12.2 Å². The molecule has 0 aromatic heterocycles. The number of rotatable bonds is 0. The van der Waals surface area contributed by atoms with Crippen molar-refractivity contribution in [3.05, 3.63) is 0 Å². The highest BCUT2D eigenvalue weighted by molar-refractivity contribution is 7.41. The lowest BCUT2D eigenvalue weighted by molar-refractivity contribution is -0.121. The number of hydrogen-bond acceptors (Lipinski definition) is 2. The molecular weight excluding hydrogens is 156 g/mol. The SMILES string of the molecule is CC1(F)OP(F)OC1F. The lowest BCUT2D eigenvalue weighted by atomic mass is 10.4. The molecule has 0 aromatic carbocycles. The lowest BCUT2D eigenvalue weighted by Crippen LogP contribution is -2.26. The summed E-state index contributed by atoms with van der Waals surface area (Å²) in [5.74, 6) is -2.61. The largest absolute Gasteiger partial charge is 0.380 e. The molecule has 0 N–H and O–H groups in total. The van der Waals surface area contributed by atoms with Crippen molar-refractivity contribution in [3.63, 3.8) is 0 Å². The van der Waals surface area contributed by atoms with Gasteiger partial charge in [0.05, 0.1) is 0 Å². The van der Waals surface area contributed by atoms with Crippen molar-refractivity contribution in [1.29, 1.82) is 0 Å². The van der Waals surface area contributed by atoms with Crippen molar-refractivity contribution in [2.45, 2.75) is 19.1 Å². The Balaban J connectivity index is 2.58. The molecule has 0 spiro atoms. The van der Waals surface area contributed by atoms with Crippen LogP contribution in [0, 0.1) is 0 Å². The summed E-state index contributed by atoms with van der Waals surface area (Å²) in [4.78, 5) is 0. The van der Waals surface area contributed by atoms with Crippen molar-refractivity contribution >= 4 is 8.69 Å². The number of alkyl halides is 2. The third-order valence-electron chi connectivity index (χ3n) is 0.831. The minimum atomic E-state index is -2.84. The fourth-order valence-corrected chi connectivity index (χ4v) is 1.11. The molecule has 2 nitrogen and oxygen atoms in total. The fraction of sp³-hybridized carbons (Fsp3) is 1.00. The van der Waals surface area contributed by atoms with Crippen molar-refractivity contribution in [2.75, 3.05) is 0 Å². The predicted octanol–water partition coefficient (Wildman–Crippen LogP) is 2.21. The van der Waals surface area contributed by atoms with E-state index in [2.05, 4.69) is 9.05 Å². The summed E-state index contributed by atoms with van der Waals surface area (Å²) in [6, 6.07) is 0. The minimum Gasteiger partial charge on any atom is -0.267 e. The smallest absolute Gasteiger partial charge is 0.267 e. The van der Waals surface area contributed by atoms with Crippen LogP contribution in [0.1, 0.15) is 6.92 Å². The topological polar surface area (TPSA) is 18.5 Å². The van der Waals surface area contributed by atoms with Gasteiger partial charge in [-0.15, -0.1) is 0 Å². The molecule has 1 aliphatic rings. The van der Waals surface area contributed by atoms with Crippen LogP contribution in [0.4, 0.5) is 13.0 Å². The quantitative estimate of drug-likeness (QED) is 0.505. The molecule has 1 saturated heterocycles. The second-order valence-corrected chi connectivity index (χ2v) is 2.53. The zero-order valence-corrected chi connectivity index (χ0v) is 5.37. The van der Waals surface area contributed by atoms with Gasteiger partial charge in [-0.1, -0.05) is 0 Å². The van der Waals surface area contributed by atoms with Crippen LogP contribution in [0.15, 0.2) is 0 Å². The molecule has 1 fully saturated rings. The Morgan fingerprint density at radius 3 is 2.33 bits per heavy atom. The fourth-order valence-electron chi connectivity index (χ4n) is 0.370. The molecule has 0 radical (unpaired) electrons. The molecule has 0 saturated carbocycles. The molecule has 9 heavy (non-hydrogen) atoms. The van der Waals surface area contributed by atoms with E-state index in [1.54, 1.807) is 0 Å². The van der Waals surface area contributed by atoms with Crippen LogP contribution in [0.25, 0.3) is 0 Å². The van der Waals surface area contributed by atoms with Gasteiger partial charge in [-0.3, -0.25) is 9.05 Å². The van der Waals surface area contributed by atoms with Gasteiger partial charge in [0, 0.05) is 6.92 Å². The average Bonchev–Trinajstić information content (AvgIpc) is 1.79. The summed E-state index contributed by atoms with van der Waals surface area (Å²) in [6.45, 7) is 0.777. The number of hydrogen-bond donors (Lipinski definition) is 0. The molecule has 1 heterocycles. The predicted molar refractivity (Wildman–Crippen MR) is 24.6 cm³/mol. The van der Waals surface area contributed by atoms with E-state index in [9.17, 15) is 13.0 Å². The second kappa shape index (κ2) is 2.08. The van der Waals surface area contributed by atoms with E-state index in [0.29, 0.717) is 0 Å². The first-order valence-electron chi connectivity index (χ1n) is 2.17. The van der Waals surface area contributed by atoms with Gasteiger partial charge in [-0.25, -0.2) is 8.78 Å². The van der Waals surface area contributed by atoms with Gasteiger partial charge in [0.15, 0.2) is 0 Å². The maximum atomic E-state index is 12.3. The first-order chi connectivity index (χ1) is 4.02. The van der Waals surface area contributed by atoms with Crippen molar-refractivity contribution < 1.29 is 22.0 Å². The summed E-state index contributed by atoms with van der Waals surface area (Å²) in [7, 11) is -2.84. The third kappa shape index (κ3) is 1.34. The molecule has 0 amide bonds. The maximum Gasteiger partial charge on any atom is 0.380 e. The monoisotopic (exact) mass is 160 g/mol. The Morgan fingerprint density at radius 1 is 1.67 bits per heavy atom. The molecule has 0 aliphatic carbocycles. The van der Waals surface area contributed by atoms with Crippen LogP contribution in [0.3, 0.4) is 0 Å². The molecule has 1 rings (SSSR count). The first-order valence-corrected chi connectivity index (χ1v) is 3.24. The Hall–Kier alpha value is 0.140. The number of halogens is 3. The molecule has 3 atom stereocenters. The summed E-state index contributed by atoms with van der Waals surface area (Å²) in [5, 5.41) is 0. The zero-order chi connectivity index (χ0) is 7.07. The van der Waals surface area contributed by atoms with Gasteiger partial charge in [-0.05, 0) is 0 Å². The molecule has 0 bridgehead atoms. The third-order valence-corrected chi connectivity index (χ3v) is 1.68. The molecule has 54 valence electrons. The highest BCUT2D eigenvalue weighted by Crippen LogP contribution is 2.54. The summed E-state index contributed by atoms with van der Waals surface area (Å²) < 4.78 is 43.6. The molecular formula is C3H4F3O2P. The van der Waals surface area contributed by atoms with Crippen LogP contribution in [0.2, 0.25) is 0 Å². The van der Waals surface area contributed by atoms with E-state index in [-0.39, 0.29) is 0 Å². The van der Waals surface area contributed by atoms with Crippen LogP contribution < -0.4 is 0 Å². The highest BCUT2D eigenvalue weighted by Gasteiger charge is 2.49. The Labute approximate surface area is 51.0 Å². The Kier molecular flexibility index (Phi) is 1.67. The van der Waals surface area contributed by atoms with E-state index < -0.39 is 20.9 Å². The van der Waals surface area contributed by atoms with E-state index in [1.807, 2.05) is 0 Å². The highest BCUT2D eigenvalue weighted by atomic mass is 31.2. The first kappa shape index (κ1) is 7.25. The van der Waals surface area contributed by atoms with Crippen LogP contribution in [-0.4, -0.2) is 12.2 Å². The minimum absolute atomic E-state index is 0.777. The molecule has 3 unspecified atom stereocenters. The van der Waals surface area contributed by atoms with Gasteiger partial charge in [0.2, 0.25) is 0 Å². The molecule has 1 aliphatic heterocycles. The van der Waals surface area contributed by atoms with Crippen molar-refractivity contribution in [3.8, 4) is 0 Å². The summed E-state index contributed by atoms with van der Waals surface area (Å²) in [5.41, 5.74) is 0. The van der Waals surface area contributed by atoms with Crippen LogP contribution >= 0.6 is 8.69 Å². The zero-order valence-electron chi connectivity index (χ0n) is 4.47. The van der Waals surface area contributed by atoms with E-state index in [4.69, 9.17) is 0 Å². The standard InChI is InChI=1S/C3H4F3O2P/c1-3(5)2(4)7-9(6)8-3/h2H,1H3.